The normalized spacial score (nSPS) is 11.2. The van der Waals surface area contributed by atoms with Gasteiger partial charge in [0.15, 0.2) is 22.5 Å². The summed E-state index contributed by atoms with van der Waals surface area (Å²) in [5.41, 5.74) is 12.3. The predicted molar refractivity (Wildman–Crippen MR) is 134 cm³/mol. The smallest absolute Gasteiger partial charge is 0.273 e. The number of amides is 2. The molecule has 10 nitrogen and oxygen atoms in total. The molecule has 2 rings (SSSR count). The highest BCUT2D eigenvalue weighted by atomic mass is 35.5. The van der Waals surface area contributed by atoms with E-state index in [1.807, 2.05) is 24.3 Å². The van der Waals surface area contributed by atoms with Crippen LogP contribution in [0.15, 0.2) is 24.3 Å². The van der Waals surface area contributed by atoms with Gasteiger partial charge in [0.05, 0.1) is 40.8 Å². The Morgan fingerprint density at radius 2 is 1.71 bits per heavy atom. The lowest BCUT2D eigenvalue weighted by atomic mass is 10.1. The number of likely N-dealkylation sites (N-methyl/N-ethyl adjacent to an activating group) is 1. The van der Waals surface area contributed by atoms with Crippen LogP contribution in [-0.2, 0) is 11.2 Å². The molecule has 1 aromatic heterocycles. The molecule has 34 heavy (non-hydrogen) atoms. The second-order valence-corrected chi connectivity index (χ2v) is 9.04. The van der Waals surface area contributed by atoms with Gasteiger partial charge in [0.2, 0.25) is 5.91 Å². The predicted octanol–water partition coefficient (Wildman–Crippen LogP) is 1.64. The van der Waals surface area contributed by atoms with Gasteiger partial charge in [-0.05, 0) is 37.0 Å². The van der Waals surface area contributed by atoms with Crippen LogP contribution in [0.2, 0.25) is 5.15 Å². The maximum absolute atomic E-state index is 12.3. The fraction of sp³-hybridized carbons (Fsp3) is 0.478. The van der Waals surface area contributed by atoms with Crippen LogP contribution >= 0.6 is 11.6 Å². The molecule has 11 heteroatoms. The topological polar surface area (TPSA) is 145 Å². The van der Waals surface area contributed by atoms with Gasteiger partial charge in [0, 0.05) is 13.0 Å². The number of nitrogens with two attached hydrogens (primary N) is 2. The monoisotopic (exact) mass is 492 g/mol. The number of methoxy groups -OCH3 is 1. The summed E-state index contributed by atoms with van der Waals surface area (Å²) >= 11 is 5.83. The van der Waals surface area contributed by atoms with Crippen LogP contribution in [0.1, 0.15) is 35.3 Å². The Morgan fingerprint density at radius 3 is 2.38 bits per heavy atom. The van der Waals surface area contributed by atoms with E-state index in [0.717, 1.165) is 41.7 Å². The first kappa shape index (κ1) is 27.1. The summed E-state index contributed by atoms with van der Waals surface area (Å²) in [6, 6.07) is 7.75. The third-order valence-electron chi connectivity index (χ3n) is 5.43. The standard InChI is InChI=1S/C23H34ClN7O3/c1-31(2,15-13-28-23(33)19-21(25)30-22(26)20(24)29-19)14-5-4-12-27-18(32)11-8-16-6-9-17(34-3)10-7-16/h6-7,9-10H,4-5,8,11-15H2,1-3H3,(H5-,25,26,27,28,30,32,33)/p+1. The number of unbranched alkanes of at least 4 members (excludes halogenated alkanes) is 1. The van der Waals surface area contributed by atoms with Gasteiger partial charge in [0.25, 0.3) is 5.91 Å². The van der Waals surface area contributed by atoms with Crippen LogP contribution in [0, 0.1) is 0 Å². The molecule has 0 fully saturated rings. The van der Waals surface area contributed by atoms with Crippen LogP contribution in [0.3, 0.4) is 0 Å². The molecule has 0 unspecified atom stereocenters. The second kappa shape index (κ2) is 13.0. The first-order valence-corrected chi connectivity index (χ1v) is 11.6. The van der Waals surface area contributed by atoms with Crippen molar-refractivity contribution in [3.05, 3.63) is 40.7 Å². The van der Waals surface area contributed by atoms with E-state index in [9.17, 15) is 9.59 Å². The van der Waals surface area contributed by atoms with Gasteiger partial charge in [-0.3, -0.25) is 9.59 Å². The van der Waals surface area contributed by atoms with Gasteiger partial charge in [-0.15, -0.1) is 0 Å². The molecule has 0 aliphatic heterocycles. The number of benzene rings is 1. The lowest BCUT2D eigenvalue weighted by Crippen LogP contribution is -2.46. The minimum Gasteiger partial charge on any atom is -0.497 e. The molecule has 1 aromatic carbocycles. The molecule has 0 saturated carbocycles. The number of carbonyl (C=O) groups excluding carboxylic acids is 2. The maximum Gasteiger partial charge on any atom is 0.273 e. The number of quaternary nitrogens is 1. The van der Waals surface area contributed by atoms with Gasteiger partial charge in [-0.25, -0.2) is 9.97 Å². The zero-order valence-corrected chi connectivity index (χ0v) is 20.8. The average Bonchev–Trinajstić information content (AvgIpc) is 2.79. The summed E-state index contributed by atoms with van der Waals surface area (Å²) in [6.45, 7) is 2.72. The van der Waals surface area contributed by atoms with Crippen LogP contribution in [0.4, 0.5) is 11.6 Å². The van der Waals surface area contributed by atoms with Crippen molar-refractivity contribution in [3.8, 4) is 5.75 Å². The lowest BCUT2D eigenvalue weighted by molar-refractivity contribution is -0.889. The number of hydrogen-bond donors (Lipinski definition) is 4. The zero-order valence-electron chi connectivity index (χ0n) is 20.1. The van der Waals surface area contributed by atoms with Gasteiger partial charge in [0.1, 0.15) is 5.75 Å². The molecule has 0 bridgehead atoms. The van der Waals surface area contributed by atoms with Gasteiger partial charge >= 0.3 is 0 Å². The molecule has 0 spiro atoms. The first-order chi connectivity index (χ1) is 16.1. The number of nitrogen functional groups attached to an aromatic ring is 2. The Labute approximate surface area is 205 Å². The number of anilines is 2. The SMILES string of the molecule is COc1ccc(CCC(=O)NCCCC[N+](C)(C)CCNC(=O)c2nc(Cl)c(N)nc2N)cc1. The maximum atomic E-state index is 12.3. The highest BCUT2D eigenvalue weighted by Crippen LogP contribution is 2.17. The minimum atomic E-state index is -0.441. The Kier molecular flexibility index (Phi) is 10.3. The Balaban J connectivity index is 1.60. The van der Waals surface area contributed by atoms with E-state index >= 15 is 0 Å². The largest absolute Gasteiger partial charge is 0.497 e. The summed E-state index contributed by atoms with van der Waals surface area (Å²) in [5.74, 6) is 0.352. The fourth-order valence-electron chi connectivity index (χ4n) is 3.31. The highest BCUT2D eigenvalue weighted by Gasteiger charge is 2.18. The summed E-state index contributed by atoms with van der Waals surface area (Å²) in [6.07, 6.45) is 3.00. The molecule has 2 amide bonds. The van der Waals surface area contributed by atoms with Crippen molar-refractivity contribution >= 4 is 35.1 Å². The first-order valence-electron chi connectivity index (χ1n) is 11.2. The molecule has 1 heterocycles. The number of aryl methyl sites for hydroxylation is 1. The second-order valence-electron chi connectivity index (χ2n) is 8.68. The molecule has 0 aliphatic rings. The highest BCUT2D eigenvalue weighted by molar-refractivity contribution is 6.31. The van der Waals surface area contributed by atoms with Crippen molar-refractivity contribution in [1.29, 1.82) is 0 Å². The van der Waals surface area contributed by atoms with Crippen LogP contribution in [-0.4, -0.2) is 73.6 Å². The number of nitrogens with one attached hydrogen (secondary N) is 2. The molecular weight excluding hydrogens is 458 g/mol. The number of halogens is 1. The summed E-state index contributed by atoms with van der Waals surface area (Å²) in [4.78, 5) is 32.1. The summed E-state index contributed by atoms with van der Waals surface area (Å²) < 4.78 is 5.86. The van der Waals surface area contributed by atoms with Crippen LogP contribution in [0.25, 0.3) is 0 Å². The number of ether oxygens (including phenoxy) is 1. The van der Waals surface area contributed by atoms with E-state index in [0.29, 0.717) is 25.9 Å². The quantitative estimate of drug-likeness (QED) is 0.245. The molecule has 6 N–H and O–H groups in total. The van der Waals surface area contributed by atoms with Crippen molar-refractivity contribution in [2.75, 3.05) is 58.9 Å². The minimum absolute atomic E-state index is 0.0121. The number of hydrogen-bond acceptors (Lipinski definition) is 7. The third kappa shape index (κ3) is 9.03. The average molecular weight is 493 g/mol. The molecule has 2 aromatic rings. The van der Waals surface area contributed by atoms with Gasteiger partial charge in [-0.1, -0.05) is 23.7 Å². The number of rotatable bonds is 13. The summed E-state index contributed by atoms with van der Waals surface area (Å²) in [7, 11) is 5.81. The number of nitrogens with zero attached hydrogens (tertiary/aromatic N) is 3. The van der Waals surface area contributed by atoms with E-state index in [1.54, 1.807) is 7.11 Å². The lowest BCUT2D eigenvalue weighted by Gasteiger charge is -2.30. The van der Waals surface area contributed by atoms with Crippen molar-refractivity contribution in [2.45, 2.75) is 25.7 Å². The van der Waals surface area contributed by atoms with E-state index in [1.165, 1.54) is 0 Å². The molecular formula is C23H35ClN7O3+. The van der Waals surface area contributed by atoms with Crippen molar-refractivity contribution in [3.63, 3.8) is 0 Å². The molecule has 186 valence electrons. The van der Waals surface area contributed by atoms with Crippen LogP contribution < -0.4 is 26.8 Å². The molecule has 0 saturated heterocycles. The van der Waals surface area contributed by atoms with E-state index in [2.05, 4.69) is 34.7 Å². The van der Waals surface area contributed by atoms with Crippen molar-refractivity contribution in [1.82, 2.24) is 20.6 Å². The molecule has 0 aliphatic carbocycles. The Morgan fingerprint density at radius 1 is 1.00 bits per heavy atom. The van der Waals surface area contributed by atoms with Crippen LogP contribution in [0.5, 0.6) is 5.75 Å². The van der Waals surface area contributed by atoms with Crippen molar-refractivity contribution in [2.24, 2.45) is 0 Å². The zero-order chi connectivity index (χ0) is 25.1. The summed E-state index contributed by atoms with van der Waals surface area (Å²) in [5, 5.41) is 5.72. The van der Waals surface area contributed by atoms with Gasteiger partial charge < -0.3 is 31.3 Å². The molecule has 0 atom stereocenters. The van der Waals surface area contributed by atoms with Gasteiger partial charge in [-0.2, -0.15) is 0 Å². The molecule has 0 radical (unpaired) electrons. The Bertz CT molecular complexity index is 968. The fourth-order valence-corrected chi connectivity index (χ4v) is 3.43. The third-order valence-corrected chi connectivity index (χ3v) is 5.71. The number of aromatic nitrogens is 2. The Hall–Kier alpha value is -3.11. The number of carbonyl (C=O) groups is 2. The van der Waals surface area contributed by atoms with Crippen molar-refractivity contribution < 1.29 is 18.8 Å². The van der Waals surface area contributed by atoms with E-state index in [4.69, 9.17) is 27.8 Å². The van der Waals surface area contributed by atoms with E-state index in [-0.39, 0.29) is 28.4 Å². The van der Waals surface area contributed by atoms with E-state index < -0.39 is 5.91 Å².